The van der Waals surface area contributed by atoms with Crippen molar-refractivity contribution in [3.63, 3.8) is 0 Å². The SMILES string of the molecule is CCCCCCCCCCCCCCCCCCCCCCCCCCCCCCCCCCCCCCCCCCCCCCCCCCC[N+](C)(C)C.[Cl-]. The van der Waals surface area contributed by atoms with Gasteiger partial charge in [0.25, 0.3) is 0 Å². The third kappa shape index (κ3) is 56.3. The van der Waals surface area contributed by atoms with Crippen molar-refractivity contribution in [3.05, 3.63) is 0 Å². The number of rotatable bonds is 50. The van der Waals surface area contributed by atoms with Crippen molar-refractivity contribution in [3.8, 4) is 0 Å². The molecule has 0 atom stereocenters. The van der Waals surface area contributed by atoms with Crippen molar-refractivity contribution in [2.24, 2.45) is 0 Å². The van der Waals surface area contributed by atoms with Gasteiger partial charge in [0.2, 0.25) is 0 Å². The monoisotopic (exact) mass is 810 g/mol. The lowest BCUT2D eigenvalue weighted by Crippen LogP contribution is -3.00. The van der Waals surface area contributed by atoms with Crippen LogP contribution >= 0.6 is 0 Å². The smallest absolute Gasteiger partial charge is 0.0780 e. The van der Waals surface area contributed by atoms with Crippen molar-refractivity contribution in [2.45, 2.75) is 322 Å². The van der Waals surface area contributed by atoms with E-state index in [4.69, 9.17) is 0 Å². The average molecular weight is 811 g/mol. The summed E-state index contributed by atoms with van der Waals surface area (Å²) >= 11 is 0. The largest absolute Gasteiger partial charge is 1.00 e. The first kappa shape index (κ1) is 58.3. The van der Waals surface area contributed by atoms with Gasteiger partial charge in [-0.05, 0) is 12.8 Å². The zero-order chi connectivity index (χ0) is 39.9. The molecule has 0 unspecified atom stereocenters. The summed E-state index contributed by atoms with van der Waals surface area (Å²) in [6.45, 7) is 3.65. The molecule has 0 fully saturated rings. The predicted molar refractivity (Wildman–Crippen MR) is 255 cm³/mol. The van der Waals surface area contributed by atoms with Crippen LogP contribution < -0.4 is 12.4 Å². The number of nitrogens with zero attached hydrogens (tertiary/aromatic N) is 1. The lowest BCUT2D eigenvalue weighted by Gasteiger charge is -2.23. The highest BCUT2D eigenvalue weighted by Gasteiger charge is 2.05. The molecule has 0 rings (SSSR count). The molecule has 0 amide bonds. The Hall–Kier alpha value is 0.250. The van der Waals surface area contributed by atoms with E-state index in [1.165, 1.54) is 321 Å². The maximum atomic E-state index is 2.31. The molecule has 0 aromatic heterocycles. The van der Waals surface area contributed by atoms with E-state index in [0.29, 0.717) is 0 Å². The molecule has 0 spiro atoms. The first-order valence-electron chi connectivity index (χ1n) is 26.9. The zero-order valence-electron chi connectivity index (χ0n) is 40.2. The van der Waals surface area contributed by atoms with Crippen LogP contribution in [0.2, 0.25) is 0 Å². The van der Waals surface area contributed by atoms with E-state index in [1.54, 1.807) is 0 Å². The van der Waals surface area contributed by atoms with Gasteiger partial charge >= 0.3 is 0 Å². The molecule has 0 heterocycles. The minimum absolute atomic E-state index is 0. The van der Waals surface area contributed by atoms with E-state index in [1.807, 2.05) is 0 Å². The van der Waals surface area contributed by atoms with Gasteiger partial charge in [-0.2, -0.15) is 0 Å². The van der Waals surface area contributed by atoms with Crippen molar-refractivity contribution >= 4 is 0 Å². The molecule has 0 aliphatic carbocycles. The normalized spacial score (nSPS) is 11.8. The van der Waals surface area contributed by atoms with Crippen molar-refractivity contribution in [2.75, 3.05) is 27.7 Å². The van der Waals surface area contributed by atoms with Crippen LogP contribution in [0.15, 0.2) is 0 Å². The quantitative estimate of drug-likeness (QED) is 0.0424. The second-order valence-electron chi connectivity index (χ2n) is 20.0. The average Bonchev–Trinajstić information content (AvgIpc) is 3.17. The molecule has 1 nitrogen and oxygen atoms in total. The maximum Gasteiger partial charge on any atom is 0.0780 e. The van der Waals surface area contributed by atoms with Gasteiger partial charge in [0.05, 0.1) is 27.7 Å². The van der Waals surface area contributed by atoms with Crippen LogP contribution in [0.5, 0.6) is 0 Å². The van der Waals surface area contributed by atoms with Crippen molar-refractivity contribution in [1.29, 1.82) is 0 Å². The summed E-state index contributed by atoms with van der Waals surface area (Å²) in [7, 11) is 6.94. The molecule has 0 aromatic rings. The van der Waals surface area contributed by atoms with Crippen LogP contribution in [-0.2, 0) is 0 Å². The molecule has 340 valence electrons. The lowest BCUT2D eigenvalue weighted by molar-refractivity contribution is -0.870. The van der Waals surface area contributed by atoms with Gasteiger partial charge in [-0.15, -0.1) is 0 Å². The van der Waals surface area contributed by atoms with E-state index in [9.17, 15) is 0 Å². The van der Waals surface area contributed by atoms with Gasteiger partial charge in [0.1, 0.15) is 0 Å². The fraction of sp³-hybridized carbons (Fsp3) is 1.00. The van der Waals surface area contributed by atoms with Crippen LogP contribution in [0.3, 0.4) is 0 Å². The molecule has 0 aliphatic heterocycles. The fourth-order valence-electron chi connectivity index (χ4n) is 8.97. The molecule has 0 radical (unpaired) electrons. The molecule has 0 saturated carbocycles. The van der Waals surface area contributed by atoms with Crippen LogP contribution in [0.1, 0.15) is 322 Å². The van der Waals surface area contributed by atoms with Crippen molar-refractivity contribution < 1.29 is 16.9 Å². The molecule has 0 aliphatic rings. The van der Waals surface area contributed by atoms with Crippen LogP contribution in [-0.4, -0.2) is 32.2 Å². The minimum Gasteiger partial charge on any atom is -1.00 e. The summed E-state index contributed by atoms with van der Waals surface area (Å²) in [6.07, 6.45) is 72.8. The number of halogens is 1. The van der Waals surface area contributed by atoms with Gasteiger partial charge in [-0.25, -0.2) is 0 Å². The summed E-state index contributed by atoms with van der Waals surface area (Å²) in [5, 5.41) is 0. The van der Waals surface area contributed by atoms with E-state index >= 15 is 0 Å². The van der Waals surface area contributed by atoms with Gasteiger partial charge in [0.15, 0.2) is 0 Å². The first-order chi connectivity index (χ1) is 27.1. The Kier molecular flexibility index (Phi) is 53.5. The number of hydrogen-bond acceptors (Lipinski definition) is 0. The summed E-state index contributed by atoms with van der Waals surface area (Å²) in [4.78, 5) is 0. The van der Waals surface area contributed by atoms with E-state index in [-0.39, 0.29) is 12.4 Å². The molecule has 0 aromatic carbocycles. The highest BCUT2D eigenvalue weighted by atomic mass is 35.5. The Morgan fingerprint density at radius 2 is 0.286 bits per heavy atom. The highest BCUT2D eigenvalue weighted by Crippen LogP contribution is 2.19. The molecular formula is C54H112ClN. The Morgan fingerprint density at radius 3 is 0.393 bits per heavy atom. The molecular weight excluding hydrogens is 698 g/mol. The molecule has 56 heavy (non-hydrogen) atoms. The van der Waals surface area contributed by atoms with E-state index in [2.05, 4.69) is 28.1 Å². The number of unbranched alkanes of at least 4 members (excludes halogenated alkanes) is 48. The fourth-order valence-corrected chi connectivity index (χ4v) is 8.97. The van der Waals surface area contributed by atoms with Crippen LogP contribution in [0.25, 0.3) is 0 Å². The number of hydrogen-bond donors (Lipinski definition) is 0. The van der Waals surface area contributed by atoms with E-state index < -0.39 is 0 Å². The van der Waals surface area contributed by atoms with Crippen LogP contribution in [0.4, 0.5) is 0 Å². The summed E-state index contributed by atoms with van der Waals surface area (Å²) in [6, 6.07) is 0. The van der Waals surface area contributed by atoms with E-state index in [0.717, 1.165) is 4.48 Å². The first-order valence-corrected chi connectivity index (χ1v) is 26.9. The second kappa shape index (κ2) is 51.4. The Bertz CT molecular complexity index is 655. The molecule has 0 N–H and O–H groups in total. The summed E-state index contributed by atoms with van der Waals surface area (Å²) in [5.74, 6) is 0. The van der Waals surface area contributed by atoms with Gasteiger partial charge in [-0.3, -0.25) is 0 Å². The molecule has 0 saturated heterocycles. The van der Waals surface area contributed by atoms with Crippen LogP contribution in [0, 0.1) is 0 Å². The molecule has 2 heteroatoms. The summed E-state index contributed by atoms with van der Waals surface area (Å²) < 4.78 is 1.12. The minimum atomic E-state index is 0. The maximum absolute atomic E-state index is 2.31. The standard InChI is InChI=1S/C54H112N.ClH/c1-5-6-7-8-9-10-11-12-13-14-15-16-17-18-19-20-21-22-23-24-25-26-27-28-29-30-31-32-33-34-35-36-37-38-39-40-41-42-43-44-45-46-47-48-49-50-51-52-53-54-55(2,3)4;/h5-54H2,1-4H3;1H/q+1;/p-1. The topological polar surface area (TPSA) is 0 Å². The van der Waals surface area contributed by atoms with Gasteiger partial charge in [0, 0.05) is 0 Å². The summed E-state index contributed by atoms with van der Waals surface area (Å²) in [5.41, 5.74) is 0. The molecule has 0 bridgehead atoms. The lowest BCUT2D eigenvalue weighted by atomic mass is 10.0. The van der Waals surface area contributed by atoms with Crippen molar-refractivity contribution in [1.82, 2.24) is 0 Å². The van der Waals surface area contributed by atoms with Gasteiger partial charge < -0.3 is 16.9 Å². The second-order valence-corrected chi connectivity index (χ2v) is 20.0. The highest BCUT2D eigenvalue weighted by molar-refractivity contribution is 4.54. The Labute approximate surface area is 364 Å². The Morgan fingerprint density at radius 1 is 0.179 bits per heavy atom. The third-order valence-corrected chi connectivity index (χ3v) is 12.9. The van der Waals surface area contributed by atoms with Gasteiger partial charge in [-0.1, -0.05) is 309 Å². The predicted octanol–water partition coefficient (Wildman–Crippen LogP) is 16.8. The zero-order valence-corrected chi connectivity index (χ0v) is 40.9. The third-order valence-electron chi connectivity index (χ3n) is 12.9. The Balaban J connectivity index is 0. The number of quaternary nitrogens is 1.